The first-order chi connectivity index (χ1) is 9.76. The van der Waals surface area contributed by atoms with Crippen molar-refractivity contribution in [3.05, 3.63) is 48.2 Å². The van der Waals surface area contributed by atoms with Crippen molar-refractivity contribution in [3.8, 4) is 0 Å². The SMILES string of the molecule is OCCC(Nc1nc2cc(F)ccc2o1)c1ccco1. The Morgan fingerprint density at radius 2 is 2.25 bits per heavy atom. The van der Waals surface area contributed by atoms with Crippen LogP contribution in [0.2, 0.25) is 0 Å². The molecule has 2 heterocycles. The van der Waals surface area contributed by atoms with Gasteiger partial charge in [0.05, 0.1) is 12.3 Å². The number of hydrogen-bond acceptors (Lipinski definition) is 5. The van der Waals surface area contributed by atoms with E-state index >= 15 is 0 Å². The fourth-order valence-electron chi connectivity index (χ4n) is 2.02. The van der Waals surface area contributed by atoms with Crippen molar-refractivity contribution in [1.29, 1.82) is 0 Å². The average Bonchev–Trinajstić information content (AvgIpc) is 3.06. The molecule has 0 saturated heterocycles. The van der Waals surface area contributed by atoms with E-state index in [1.165, 1.54) is 18.2 Å². The average molecular weight is 276 g/mol. The largest absolute Gasteiger partial charge is 0.467 e. The van der Waals surface area contributed by atoms with Gasteiger partial charge in [-0.05, 0) is 30.7 Å². The Kier molecular flexibility index (Phi) is 3.39. The molecule has 0 radical (unpaired) electrons. The predicted molar refractivity (Wildman–Crippen MR) is 70.7 cm³/mol. The molecule has 1 unspecified atom stereocenters. The summed E-state index contributed by atoms with van der Waals surface area (Å²) in [5.74, 6) is 0.308. The van der Waals surface area contributed by atoms with E-state index in [2.05, 4.69) is 10.3 Å². The number of oxazole rings is 1. The first-order valence-electron chi connectivity index (χ1n) is 6.23. The summed E-state index contributed by atoms with van der Waals surface area (Å²) >= 11 is 0. The molecule has 0 spiro atoms. The van der Waals surface area contributed by atoms with Gasteiger partial charge in [0.15, 0.2) is 5.58 Å². The Morgan fingerprint density at radius 1 is 1.35 bits per heavy atom. The molecule has 1 atom stereocenters. The summed E-state index contributed by atoms with van der Waals surface area (Å²) in [5.41, 5.74) is 0.936. The van der Waals surface area contributed by atoms with Crippen molar-refractivity contribution in [2.24, 2.45) is 0 Å². The van der Waals surface area contributed by atoms with Gasteiger partial charge < -0.3 is 19.3 Å². The molecule has 2 aromatic heterocycles. The van der Waals surface area contributed by atoms with Crippen LogP contribution in [0.15, 0.2) is 45.4 Å². The molecule has 2 N–H and O–H groups in total. The van der Waals surface area contributed by atoms with Crippen LogP contribution in [0.3, 0.4) is 0 Å². The number of aromatic nitrogens is 1. The molecule has 0 bridgehead atoms. The van der Waals surface area contributed by atoms with Gasteiger partial charge in [0, 0.05) is 12.7 Å². The van der Waals surface area contributed by atoms with Gasteiger partial charge >= 0.3 is 0 Å². The molecule has 0 aliphatic heterocycles. The first kappa shape index (κ1) is 12.7. The van der Waals surface area contributed by atoms with Crippen LogP contribution in [-0.4, -0.2) is 16.7 Å². The lowest BCUT2D eigenvalue weighted by Gasteiger charge is -2.13. The highest BCUT2D eigenvalue weighted by atomic mass is 19.1. The van der Waals surface area contributed by atoms with Crippen LogP contribution >= 0.6 is 0 Å². The highest BCUT2D eigenvalue weighted by molar-refractivity contribution is 5.74. The standard InChI is InChI=1S/C14H13FN2O3/c15-9-3-4-13-11(8-9)17-14(20-13)16-10(5-6-18)12-2-1-7-19-12/h1-4,7-8,10,18H,5-6H2,(H,16,17). The number of halogens is 1. The van der Waals surface area contributed by atoms with Crippen LogP contribution in [0, 0.1) is 5.82 Å². The molecule has 0 aliphatic carbocycles. The van der Waals surface area contributed by atoms with E-state index in [9.17, 15) is 4.39 Å². The van der Waals surface area contributed by atoms with Crippen molar-refractivity contribution in [3.63, 3.8) is 0 Å². The molecule has 0 fully saturated rings. The summed E-state index contributed by atoms with van der Waals surface area (Å²) in [7, 11) is 0. The topological polar surface area (TPSA) is 71.4 Å². The third kappa shape index (κ3) is 2.50. The van der Waals surface area contributed by atoms with E-state index in [1.54, 1.807) is 18.4 Å². The van der Waals surface area contributed by atoms with Crippen LogP contribution in [0.25, 0.3) is 11.1 Å². The van der Waals surface area contributed by atoms with E-state index in [1.807, 2.05) is 0 Å². The van der Waals surface area contributed by atoms with Crippen molar-refractivity contribution < 1.29 is 18.3 Å². The Labute approximate surface area is 114 Å². The third-order valence-corrected chi connectivity index (χ3v) is 2.95. The lowest BCUT2D eigenvalue weighted by atomic mass is 10.1. The fourth-order valence-corrected chi connectivity index (χ4v) is 2.02. The number of hydrogen-bond donors (Lipinski definition) is 2. The van der Waals surface area contributed by atoms with Gasteiger partial charge in [-0.1, -0.05) is 0 Å². The second-order valence-corrected chi connectivity index (χ2v) is 4.36. The van der Waals surface area contributed by atoms with Crippen molar-refractivity contribution in [2.45, 2.75) is 12.5 Å². The molecular weight excluding hydrogens is 263 g/mol. The maximum atomic E-state index is 13.1. The second-order valence-electron chi connectivity index (χ2n) is 4.36. The zero-order chi connectivity index (χ0) is 13.9. The van der Waals surface area contributed by atoms with Crippen molar-refractivity contribution in [1.82, 2.24) is 4.98 Å². The summed E-state index contributed by atoms with van der Waals surface area (Å²) in [6, 6.07) is 7.72. The van der Waals surface area contributed by atoms with Gasteiger partial charge in [-0.2, -0.15) is 4.98 Å². The normalized spacial score (nSPS) is 12.7. The molecular formula is C14H13FN2O3. The van der Waals surface area contributed by atoms with Crippen LogP contribution in [0.4, 0.5) is 10.4 Å². The number of aliphatic hydroxyl groups excluding tert-OH is 1. The van der Waals surface area contributed by atoms with Crippen LogP contribution < -0.4 is 5.32 Å². The highest BCUT2D eigenvalue weighted by Gasteiger charge is 2.17. The van der Waals surface area contributed by atoms with Crippen molar-refractivity contribution >= 4 is 17.1 Å². The zero-order valence-electron chi connectivity index (χ0n) is 10.5. The molecule has 5 nitrogen and oxygen atoms in total. The van der Waals surface area contributed by atoms with E-state index < -0.39 is 0 Å². The summed E-state index contributed by atoms with van der Waals surface area (Å²) in [4.78, 5) is 4.16. The Bertz CT molecular complexity index is 694. The molecule has 1 aromatic carbocycles. The minimum Gasteiger partial charge on any atom is -0.467 e. The molecule has 3 rings (SSSR count). The number of fused-ring (bicyclic) bond motifs is 1. The van der Waals surface area contributed by atoms with Crippen LogP contribution in [-0.2, 0) is 0 Å². The molecule has 0 saturated carbocycles. The number of benzene rings is 1. The summed E-state index contributed by atoms with van der Waals surface area (Å²) in [5, 5.41) is 12.1. The van der Waals surface area contributed by atoms with Gasteiger partial charge in [-0.15, -0.1) is 0 Å². The second kappa shape index (κ2) is 5.34. The Morgan fingerprint density at radius 3 is 3.00 bits per heavy atom. The van der Waals surface area contributed by atoms with Gasteiger partial charge in [0.2, 0.25) is 0 Å². The van der Waals surface area contributed by atoms with Gasteiger partial charge in [0.1, 0.15) is 17.1 Å². The number of rotatable bonds is 5. The minimum absolute atomic E-state index is 0.00672. The first-order valence-corrected chi connectivity index (χ1v) is 6.23. The predicted octanol–water partition coefficient (Wildman–Crippen LogP) is 3.10. The summed E-state index contributed by atoms with van der Waals surface area (Å²) in [6.45, 7) is -0.00672. The molecule has 0 aliphatic rings. The molecule has 104 valence electrons. The number of nitrogens with one attached hydrogen (secondary N) is 1. The quantitative estimate of drug-likeness (QED) is 0.749. The lowest BCUT2D eigenvalue weighted by molar-refractivity contribution is 0.272. The van der Waals surface area contributed by atoms with Crippen LogP contribution in [0.5, 0.6) is 0 Å². The number of anilines is 1. The number of furan rings is 1. The summed E-state index contributed by atoms with van der Waals surface area (Å²) in [6.07, 6.45) is 2.00. The third-order valence-electron chi connectivity index (χ3n) is 2.95. The highest BCUT2D eigenvalue weighted by Crippen LogP contribution is 2.25. The Hall–Kier alpha value is -2.34. The van der Waals surface area contributed by atoms with E-state index in [0.717, 1.165) is 0 Å². The van der Waals surface area contributed by atoms with E-state index in [4.69, 9.17) is 13.9 Å². The lowest BCUT2D eigenvalue weighted by Crippen LogP contribution is -2.11. The van der Waals surface area contributed by atoms with E-state index in [0.29, 0.717) is 23.3 Å². The van der Waals surface area contributed by atoms with Crippen molar-refractivity contribution in [2.75, 3.05) is 11.9 Å². The maximum Gasteiger partial charge on any atom is 0.296 e. The molecule has 6 heteroatoms. The van der Waals surface area contributed by atoms with Gasteiger partial charge in [0.25, 0.3) is 6.01 Å². The number of aliphatic hydroxyl groups is 1. The molecule has 3 aromatic rings. The fraction of sp³-hybridized carbons (Fsp3) is 0.214. The minimum atomic E-state index is -0.365. The number of nitrogens with zero attached hydrogens (tertiary/aromatic N) is 1. The van der Waals surface area contributed by atoms with Crippen LogP contribution in [0.1, 0.15) is 18.2 Å². The van der Waals surface area contributed by atoms with Gasteiger partial charge in [-0.3, -0.25) is 0 Å². The maximum absolute atomic E-state index is 13.1. The molecule has 0 amide bonds. The zero-order valence-corrected chi connectivity index (χ0v) is 10.5. The van der Waals surface area contributed by atoms with Gasteiger partial charge in [-0.25, -0.2) is 4.39 Å². The summed E-state index contributed by atoms with van der Waals surface area (Å²) < 4.78 is 23.9. The monoisotopic (exact) mass is 276 g/mol. The molecule has 20 heavy (non-hydrogen) atoms. The van der Waals surface area contributed by atoms with E-state index in [-0.39, 0.29) is 24.5 Å². The Balaban J connectivity index is 1.86. The smallest absolute Gasteiger partial charge is 0.296 e.